The molecule has 0 spiro atoms. The zero-order valence-corrected chi connectivity index (χ0v) is 18.4. The van der Waals surface area contributed by atoms with Crippen LogP contribution in [0.5, 0.6) is 5.75 Å². The van der Waals surface area contributed by atoms with E-state index < -0.39 is 0 Å². The first kappa shape index (κ1) is 21.7. The third-order valence-electron chi connectivity index (χ3n) is 4.79. The van der Waals surface area contributed by atoms with Crippen molar-refractivity contribution in [2.45, 2.75) is 31.4 Å². The van der Waals surface area contributed by atoms with Crippen molar-refractivity contribution in [3.05, 3.63) is 59.4 Å². The van der Waals surface area contributed by atoms with Crippen molar-refractivity contribution < 1.29 is 14.3 Å². The van der Waals surface area contributed by atoms with Gasteiger partial charge in [0.25, 0.3) is 5.24 Å². The van der Waals surface area contributed by atoms with Crippen molar-refractivity contribution in [2.24, 2.45) is 0 Å². The van der Waals surface area contributed by atoms with Gasteiger partial charge in [0, 0.05) is 30.6 Å². The number of thioether (sulfide) groups is 2. The van der Waals surface area contributed by atoms with Crippen LogP contribution in [-0.4, -0.2) is 51.4 Å². The Hall–Kier alpha value is -1.99. The molecule has 2 amide bonds. The largest absolute Gasteiger partial charge is 0.493 e. The Morgan fingerprint density at radius 2 is 1.90 bits per heavy atom. The second kappa shape index (κ2) is 10.7. The van der Waals surface area contributed by atoms with Gasteiger partial charge in [0.1, 0.15) is 5.75 Å². The van der Waals surface area contributed by atoms with E-state index in [0.29, 0.717) is 19.6 Å². The molecule has 1 unspecified atom stereocenters. The molecule has 2 heterocycles. The highest BCUT2D eigenvalue weighted by Crippen LogP contribution is 2.30. The predicted molar refractivity (Wildman–Crippen MR) is 120 cm³/mol. The number of carbonyl (C=O) groups excluding carboxylic acids is 2. The number of nitrogens with zero attached hydrogens (tertiary/aromatic N) is 2. The Morgan fingerprint density at radius 3 is 2.55 bits per heavy atom. The summed E-state index contributed by atoms with van der Waals surface area (Å²) < 4.78 is 5.81. The van der Waals surface area contributed by atoms with Gasteiger partial charge in [0.15, 0.2) is 0 Å². The first-order valence-electron chi connectivity index (χ1n) is 9.77. The Labute approximate surface area is 180 Å². The van der Waals surface area contributed by atoms with Crippen LogP contribution in [0, 0.1) is 0 Å². The monoisotopic (exact) mass is 430 g/mol. The van der Waals surface area contributed by atoms with Gasteiger partial charge in [-0.3, -0.25) is 19.5 Å². The van der Waals surface area contributed by atoms with E-state index in [4.69, 9.17) is 4.74 Å². The molecule has 3 rings (SSSR count). The first-order valence-corrected chi connectivity index (χ1v) is 12.0. The lowest BCUT2D eigenvalue weighted by Crippen LogP contribution is -2.33. The molecular weight excluding hydrogens is 404 g/mol. The van der Waals surface area contributed by atoms with Crippen LogP contribution in [0.2, 0.25) is 0 Å². The molecule has 1 aromatic heterocycles. The molecule has 0 bridgehead atoms. The van der Waals surface area contributed by atoms with Gasteiger partial charge in [-0.2, -0.15) is 11.8 Å². The fourth-order valence-electron chi connectivity index (χ4n) is 3.03. The Morgan fingerprint density at radius 1 is 1.14 bits per heavy atom. The lowest BCUT2D eigenvalue weighted by atomic mass is 10.1. The highest BCUT2D eigenvalue weighted by Gasteiger charge is 2.38. The van der Waals surface area contributed by atoms with Gasteiger partial charge in [-0.25, -0.2) is 0 Å². The number of imide groups is 1. The highest BCUT2D eigenvalue weighted by atomic mass is 32.2. The normalized spacial score (nSPS) is 16.5. The third-order valence-corrected chi connectivity index (χ3v) is 6.46. The van der Waals surface area contributed by atoms with Crippen LogP contribution in [0.3, 0.4) is 0 Å². The van der Waals surface area contributed by atoms with Crippen molar-refractivity contribution in [1.29, 1.82) is 0 Å². The minimum atomic E-state index is -0.326. The Bertz CT molecular complexity index is 825. The number of carbonyl (C=O) groups is 2. The predicted octanol–water partition coefficient (Wildman–Crippen LogP) is 4.24. The van der Waals surface area contributed by atoms with Gasteiger partial charge in [-0.15, -0.1) is 0 Å². The first-order chi connectivity index (χ1) is 14.1. The van der Waals surface area contributed by atoms with E-state index in [2.05, 4.69) is 18.0 Å². The van der Waals surface area contributed by atoms with Gasteiger partial charge in [0.2, 0.25) is 5.91 Å². The zero-order valence-electron chi connectivity index (χ0n) is 16.8. The average molecular weight is 431 g/mol. The minimum Gasteiger partial charge on any atom is -0.493 e. The van der Waals surface area contributed by atoms with E-state index in [-0.39, 0.29) is 16.4 Å². The number of aromatic nitrogens is 1. The van der Waals surface area contributed by atoms with E-state index in [1.54, 1.807) is 11.8 Å². The maximum absolute atomic E-state index is 12.5. The van der Waals surface area contributed by atoms with Crippen molar-refractivity contribution >= 4 is 34.7 Å². The minimum absolute atomic E-state index is 0.0732. The van der Waals surface area contributed by atoms with Crippen molar-refractivity contribution in [3.8, 4) is 5.75 Å². The summed E-state index contributed by atoms with van der Waals surface area (Å²) in [4.78, 5) is 30.3. The molecule has 0 aliphatic carbocycles. The number of hydrogen-bond acceptors (Lipinski definition) is 6. The molecule has 0 radical (unpaired) electrons. The summed E-state index contributed by atoms with van der Waals surface area (Å²) in [6.45, 7) is 3.17. The fourth-order valence-corrected chi connectivity index (χ4v) is 4.45. The lowest BCUT2D eigenvalue weighted by Gasteiger charge is -2.13. The van der Waals surface area contributed by atoms with E-state index >= 15 is 0 Å². The molecule has 29 heavy (non-hydrogen) atoms. The van der Waals surface area contributed by atoms with Crippen LogP contribution in [0.4, 0.5) is 4.79 Å². The molecule has 7 heteroatoms. The molecule has 1 atom stereocenters. The number of pyridine rings is 1. The number of benzene rings is 1. The molecule has 154 valence electrons. The topological polar surface area (TPSA) is 59.5 Å². The van der Waals surface area contributed by atoms with Crippen LogP contribution in [0.25, 0.3) is 0 Å². The second-order valence-corrected chi connectivity index (χ2v) is 8.95. The van der Waals surface area contributed by atoms with Crippen LogP contribution in [0.15, 0.2) is 42.6 Å². The number of ether oxygens (including phenoxy) is 1. The molecule has 1 aromatic carbocycles. The van der Waals surface area contributed by atoms with E-state index in [0.717, 1.165) is 47.4 Å². The van der Waals surface area contributed by atoms with Crippen LogP contribution in [-0.2, 0) is 24.1 Å². The quantitative estimate of drug-likeness (QED) is 0.562. The standard InChI is InChI=1S/C22H26N2O3S2/c1-3-16-4-7-18(23-15-16)10-12-27-19-8-5-17(6-9-19)14-20-21(25)24(11-13-28-2)22(26)29-20/h4-9,15,20H,3,10-14H2,1-2H3. The van der Waals surface area contributed by atoms with Gasteiger partial charge < -0.3 is 4.74 Å². The van der Waals surface area contributed by atoms with Crippen molar-refractivity contribution in [1.82, 2.24) is 9.88 Å². The number of rotatable bonds is 10. The molecule has 1 saturated heterocycles. The SMILES string of the molecule is CCc1ccc(CCOc2ccc(CC3SC(=O)N(CCSC)C3=O)cc2)nc1. The van der Waals surface area contributed by atoms with Crippen LogP contribution >= 0.6 is 23.5 Å². The molecule has 2 aromatic rings. The lowest BCUT2D eigenvalue weighted by molar-refractivity contribution is -0.126. The Kier molecular flexibility index (Phi) is 8.00. The van der Waals surface area contributed by atoms with Gasteiger partial charge >= 0.3 is 0 Å². The van der Waals surface area contributed by atoms with Crippen molar-refractivity contribution in [2.75, 3.05) is 25.2 Å². The Balaban J connectivity index is 1.47. The number of hydrogen-bond donors (Lipinski definition) is 0. The maximum Gasteiger partial charge on any atom is 0.289 e. The second-order valence-electron chi connectivity index (χ2n) is 6.81. The van der Waals surface area contributed by atoms with Crippen molar-refractivity contribution in [3.63, 3.8) is 0 Å². The molecule has 1 fully saturated rings. The third kappa shape index (κ3) is 6.00. The van der Waals surface area contributed by atoms with Gasteiger partial charge in [-0.05, 0) is 48.4 Å². The van der Waals surface area contributed by atoms with Crippen LogP contribution in [0.1, 0.15) is 23.7 Å². The molecular formula is C22H26N2O3S2. The zero-order chi connectivity index (χ0) is 20.6. The number of amides is 2. The number of aryl methyl sites for hydroxylation is 1. The molecule has 1 aliphatic heterocycles. The summed E-state index contributed by atoms with van der Waals surface area (Å²) in [7, 11) is 0. The smallest absolute Gasteiger partial charge is 0.289 e. The average Bonchev–Trinajstić information content (AvgIpc) is 3.01. The fraction of sp³-hybridized carbons (Fsp3) is 0.409. The van der Waals surface area contributed by atoms with Gasteiger partial charge in [0.05, 0.1) is 11.9 Å². The highest BCUT2D eigenvalue weighted by molar-refractivity contribution is 8.15. The summed E-state index contributed by atoms with van der Waals surface area (Å²) >= 11 is 2.77. The van der Waals surface area contributed by atoms with Crippen LogP contribution < -0.4 is 4.74 Å². The van der Waals surface area contributed by atoms with Gasteiger partial charge in [-0.1, -0.05) is 36.9 Å². The molecule has 5 nitrogen and oxygen atoms in total. The summed E-state index contributed by atoms with van der Waals surface area (Å²) in [5, 5.41) is -0.456. The maximum atomic E-state index is 12.5. The molecule has 0 N–H and O–H groups in total. The van der Waals surface area contributed by atoms with E-state index in [1.807, 2.05) is 42.8 Å². The summed E-state index contributed by atoms with van der Waals surface area (Å²) in [5.74, 6) is 1.49. The summed E-state index contributed by atoms with van der Waals surface area (Å²) in [5.41, 5.74) is 3.28. The molecule has 0 saturated carbocycles. The van der Waals surface area contributed by atoms with E-state index in [9.17, 15) is 9.59 Å². The summed E-state index contributed by atoms with van der Waals surface area (Å²) in [6, 6.07) is 11.9. The molecule has 1 aliphatic rings. The summed E-state index contributed by atoms with van der Waals surface area (Å²) in [6.07, 6.45) is 6.19. The van der Waals surface area contributed by atoms with E-state index in [1.165, 1.54) is 10.5 Å².